The first-order chi connectivity index (χ1) is 13.1. The van der Waals surface area contributed by atoms with Gasteiger partial charge in [0.25, 0.3) is 0 Å². The van der Waals surface area contributed by atoms with Gasteiger partial charge < -0.3 is 20.5 Å². The molecule has 2 aromatic heterocycles. The van der Waals surface area contributed by atoms with Gasteiger partial charge in [-0.05, 0) is 25.0 Å². The normalized spacial score (nSPS) is 11.3. The molecule has 0 aromatic carbocycles. The largest absolute Gasteiger partial charge is 0.361 e. The van der Waals surface area contributed by atoms with Crippen molar-refractivity contribution in [3.8, 4) is 0 Å². The Morgan fingerprint density at radius 2 is 2.04 bits per heavy atom. The summed E-state index contributed by atoms with van der Waals surface area (Å²) in [5.41, 5.74) is 3.08. The lowest BCUT2D eigenvalue weighted by Gasteiger charge is -2.12. The molecule has 2 heterocycles. The minimum Gasteiger partial charge on any atom is -0.361 e. The smallest absolute Gasteiger partial charge is 0.227 e. The van der Waals surface area contributed by atoms with Gasteiger partial charge in [0.2, 0.25) is 5.91 Å². The summed E-state index contributed by atoms with van der Waals surface area (Å²) in [5.74, 6) is 1.97. The van der Waals surface area contributed by atoms with E-state index in [0.717, 1.165) is 35.4 Å². The summed E-state index contributed by atoms with van der Waals surface area (Å²) in [6, 6.07) is 3.70. The maximum atomic E-state index is 12.0. The van der Waals surface area contributed by atoms with Crippen LogP contribution in [0.25, 0.3) is 0 Å². The Labute approximate surface area is 159 Å². The van der Waals surface area contributed by atoms with Gasteiger partial charge in [-0.25, -0.2) is 4.98 Å². The van der Waals surface area contributed by atoms with Crippen LogP contribution in [-0.2, 0) is 24.2 Å². The average Bonchev–Trinajstić information content (AvgIpc) is 3.08. The summed E-state index contributed by atoms with van der Waals surface area (Å²) in [7, 11) is 1.70. The van der Waals surface area contributed by atoms with E-state index >= 15 is 0 Å². The number of nitrogens with zero attached hydrogens (tertiary/aromatic N) is 3. The zero-order valence-electron chi connectivity index (χ0n) is 16.4. The number of guanidine groups is 1. The molecule has 0 fully saturated rings. The van der Waals surface area contributed by atoms with E-state index in [0.29, 0.717) is 31.3 Å². The van der Waals surface area contributed by atoms with Crippen LogP contribution in [0.1, 0.15) is 42.8 Å². The van der Waals surface area contributed by atoms with Crippen molar-refractivity contribution in [1.29, 1.82) is 0 Å². The van der Waals surface area contributed by atoms with Gasteiger partial charge >= 0.3 is 0 Å². The highest BCUT2D eigenvalue weighted by atomic mass is 16.5. The van der Waals surface area contributed by atoms with E-state index in [4.69, 9.17) is 4.52 Å². The Balaban J connectivity index is 1.78. The predicted molar refractivity (Wildman–Crippen MR) is 106 cm³/mol. The molecule has 0 aliphatic carbocycles. The lowest BCUT2D eigenvalue weighted by Crippen LogP contribution is -2.38. The number of anilines is 1. The van der Waals surface area contributed by atoms with Gasteiger partial charge in [0, 0.05) is 44.7 Å². The number of rotatable bonds is 8. The standard InChI is InChI=1S/C19H28N6O2/c1-5-15-14(16(6-2)27-25-15)12-23-19(20-4)21-10-9-18(26)24-17-8-7-13(3)11-22-17/h7-8,11H,5-6,9-10,12H2,1-4H3,(H2,20,21,23)(H,22,24,26). The van der Waals surface area contributed by atoms with Crippen molar-refractivity contribution in [1.82, 2.24) is 20.8 Å². The topological polar surface area (TPSA) is 104 Å². The summed E-state index contributed by atoms with van der Waals surface area (Å²) < 4.78 is 5.37. The zero-order chi connectivity index (χ0) is 19.6. The number of nitrogens with one attached hydrogen (secondary N) is 3. The van der Waals surface area contributed by atoms with Crippen LogP contribution in [0, 0.1) is 6.92 Å². The molecule has 1 amide bonds. The van der Waals surface area contributed by atoms with E-state index in [1.807, 2.05) is 19.9 Å². The average molecular weight is 372 g/mol. The van der Waals surface area contributed by atoms with Crippen molar-refractivity contribution in [2.45, 2.75) is 46.6 Å². The molecular formula is C19H28N6O2. The second-order valence-electron chi connectivity index (χ2n) is 6.11. The highest BCUT2D eigenvalue weighted by Gasteiger charge is 2.13. The SMILES string of the molecule is CCc1noc(CC)c1CNC(=NC)NCCC(=O)Nc1ccc(C)cn1. The molecule has 0 radical (unpaired) electrons. The fourth-order valence-corrected chi connectivity index (χ4v) is 2.57. The number of hydrogen-bond acceptors (Lipinski definition) is 5. The Morgan fingerprint density at radius 3 is 2.67 bits per heavy atom. The summed E-state index contributed by atoms with van der Waals surface area (Å²) in [5, 5.41) is 13.3. The Hall–Kier alpha value is -2.90. The second kappa shape index (κ2) is 10.3. The fraction of sp³-hybridized carbons (Fsp3) is 0.474. The molecule has 0 atom stereocenters. The van der Waals surface area contributed by atoms with Crippen LogP contribution < -0.4 is 16.0 Å². The first-order valence-corrected chi connectivity index (χ1v) is 9.20. The number of carbonyl (C=O) groups is 1. The number of aromatic nitrogens is 2. The van der Waals surface area contributed by atoms with E-state index in [1.54, 1.807) is 19.3 Å². The van der Waals surface area contributed by atoms with Crippen molar-refractivity contribution in [3.63, 3.8) is 0 Å². The number of carbonyl (C=O) groups excluding carboxylic acids is 1. The molecule has 0 aliphatic heterocycles. The molecule has 0 unspecified atom stereocenters. The van der Waals surface area contributed by atoms with Gasteiger partial charge in [-0.3, -0.25) is 9.79 Å². The number of amides is 1. The van der Waals surface area contributed by atoms with E-state index < -0.39 is 0 Å². The third-order valence-electron chi connectivity index (χ3n) is 4.09. The summed E-state index contributed by atoms with van der Waals surface area (Å²) in [6.45, 7) is 7.08. The van der Waals surface area contributed by atoms with Crippen LogP contribution in [-0.4, -0.2) is 35.6 Å². The van der Waals surface area contributed by atoms with Gasteiger partial charge in [0.15, 0.2) is 5.96 Å². The summed E-state index contributed by atoms with van der Waals surface area (Å²) in [4.78, 5) is 20.4. The number of aryl methyl sites for hydroxylation is 3. The first-order valence-electron chi connectivity index (χ1n) is 9.20. The molecule has 0 aliphatic rings. The van der Waals surface area contributed by atoms with Crippen molar-refractivity contribution in [2.24, 2.45) is 4.99 Å². The van der Waals surface area contributed by atoms with Gasteiger partial charge in [-0.2, -0.15) is 0 Å². The molecule has 2 aromatic rings. The van der Waals surface area contributed by atoms with Crippen LogP contribution in [0.5, 0.6) is 0 Å². The quantitative estimate of drug-likeness (QED) is 0.485. The van der Waals surface area contributed by atoms with E-state index in [-0.39, 0.29) is 5.91 Å². The van der Waals surface area contributed by atoms with E-state index in [1.165, 1.54) is 0 Å². The molecule has 0 saturated carbocycles. The van der Waals surface area contributed by atoms with Crippen molar-refractivity contribution in [3.05, 3.63) is 40.9 Å². The number of hydrogen-bond donors (Lipinski definition) is 3. The highest BCUT2D eigenvalue weighted by Crippen LogP contribution is 2.15. The molecule has 3 N–H and O–H groups in total. The van der Waals surface area contributed by atoms with Gasteiger partial charge in [-0.15, -0.1) is 0 Å². The van der Waals surface area contributed by atoms with Crippen LogP contribution in [0.2, 0.25) is 0 Å². The first kappa shape index (κ1) is 20.4. The summed E-state index contributed by atoms with van der Waals surface area (Å²) >= 11 is 0. The molecule has 0 saturated heterocycles. The van der Waals surface area contributed by atoms with Crippen molar-refractivity contribution in [2.75, 3.05) is 18.9 Å². The Bertz CT molecular complexity index is 746. The van der Waals surface area contributed by atoms with Crippen LogP contribution >= 0.6 is 0 Å². The summed E-state index contributed by atoms with van der Waals surface area (Å²) in [6.07, 6.45) is 3.65. The Kier molecular flexibility index (Phi) is 7.79. The third kappa shape index (κ3) is 6.09. The molecule has 8 heteroatoms. The number of aliphatic imine (C=N–C) groups is 1. The maximum Gasteiger partial charge on any atom is 0.227 e. The lowest BCUT2D eigenvalue weighted by atomic mass is 10.1. The van der Waals surface area contributed by atoms with Gasteiger partial charge in [-0.1, -0.05) is 25.1 Å². The number of pyridine rings is 1. The minimum absolute atomic E-state index is 0.102. The van der Waals surface area contributed by atoms with Gasteiger partial charge in [0.05, 0.1) is 5.69 Å². The van der Waals surface area contributed by atoms with Crippen LogP contribution in [0.3, 0.4) is 0 Å². The second-order valence-corrected chi connectivity index (χ2v) is 6.11. The molecule has 27 heavy (non-hydrogen) atoms. The van der Waals surface area contributed by atoms with E-state index in [9.17, 15) is 4.79 Å². The fourth-order valence-electron chi connectivity index (χ4n) is 2.57. The van der Waals surface area contributed by atoms with Crippen molar-refractivity contribution < 1.29 is 9.32 Å². The Morgan fingerprint density at radius 1 is 1.22 bits per heavy atom. The third-order valence-corrected chi connectivity index (χ3v) is 4.09. The monoisotopic (exact) mass is 372 g/mol. The lowest BCUT2D eigenvalue weighted by molar-refractivity contribution is -0.116. The molecule has 146 valence electrons. The van der Waals surface area contributed by atoms with Crippen LogP contribution in [0.15, 0.2) is 27.8 Å². The van der Waals surface area contributed by atoms with Gasteiger partial charge in [0.1, 0.15) is 11.6 Å². The molecular weight excluding hydrogens is 344 g/mol. The molecule has 0 spiro atoms. The molecule has 8 nitrogen and oxygen atoms in total. The van der Waals surface area contributed by atoms with E-state index in [2.05, 4.69) is 38.0 Å². The van der Waals surface area contributed by atoms with Crippen molar-refractivity contribution >= 4 is 17.7 Å². The highest BCUT2D eigenvalue weighted by molar-refractivity contribution is 5.90. The predicted octanol–water partition coefficient (Wildman–Crippen LogP) is 2.20. The zero-order valence-corrected chi connectivity index (χ0v) is 16.4. The minimum atomic E-state index is -0.102. The van der Waals surface area contributed by atoms with Crippen LogP contribution in [0.4, 0.5) is 5.82 Å². The molecule has 2 rings (SSSR count). The maximum absolute atomic E-state index is 12.0. The molecule has 0 bridgehead atoms.